The van der Waals surface area contributed by atoms with Crippen molar-refractivity contribution in [3.63, 3.8) is 0 Å². The molecule has 1 radical (unpaired) electrons. The molecule has 197 valence electrons. The van der Waals surface area contributed by atoms with Gasteiger partial charge in [-0.05, 0) is 49.2 Å². The summed E-state index contributed by atoms with van der Waals surface area (Å²) in [7, 11) is 2.68. The minimum absolute atomic E-state index is 0. The number of hydrogen-bond acceptors (Lipinski definition) is 8. The van der Waals surface area contributed by atoms with Crippen molar-refractivity contribution in [3.8, 4) is 22.5 Å². The molecule has 0 aliphatic carbocycles. The molecule has 0 saturated carbocycles. The molecule has 4 aromatic rings. The van der Waals surface area contributed by atoms with Crippen LogP contribution in [-0.2, 0) is 29.6 Å². The van der Waals surface area contributed by atoms with Crippen LogP contribution in [0.15, 0.2) is 66.9 Å². The molecule has 9 nitrogen and oxygen atoms in total. The van der Waals surface area contributed by atoms with Crippen molar-refractivity contribution < 1.29 is 49.1 Å². The third kappa shape index (κ3) is 7.38. The average molecular weight is 691 g/mol. The molecule has 0 saturated heterocycles. The van der Waals surface area contributed by atoms with E-state index in [0.29, 0.717) is 28.1 Å². The van der Waals surface area contributed by atoms with Crippen LogP contribution in [0.3, 0.4) is 0 Å². The van der Waals surface area contributed by atoms with Gasteiger partial charge >= 0.3 is 11.9 Å². The predicted octanol–water partition coefficient (Wildman–Crippen LogP) is 4.58. The molecule has 2 heterocycles. The van der Waals surface area contributed by atoms with Gasteiger partial charge in [0.25, 0.3) is 5.97 Å². The molecule has 4 rings (SSSR count). The molecule has 0 amide bonds. The van der Waals surface area contributed by atoms with Crippen LogP contribution in [0, 0.1) is 19.9 Å². The fourth-order valence-corrected chi connectivity index (χ4v) is 3.18. The van der Waals surface area contributed by atoms with Crippen LogP contribution < -0.4 is 0 Å². The number of nitrogens with zero attached hydrogens (tertiary/aromatic N) is 3. The van der Waals surface area contributed by atoms with Gasteiger partial charge in [0, 0.05) is 37.7 Å². The third-order valence-electron chi connectivity index (χ3n) is 5.26. The number of carbonyl (C=O) groups excluding carboxylic acids is 2. The molecule has 2 aromatic heterocycles. The summed E-state index contributed by atoms with van der Waals surface area (Å²) in [6, 6.07) is 19.8. The number of carbonyl (C=O) groups is 3. The largest absolute Gasteiger partial charge is 0.477 e. The number of carboxylic acids is 1. The number of pyridine rings is 1. The van der Waals surface area contributed by atoms with Gasteiger partial charge in [-0.3, -0.25) is 14.8 Å². The van der Waals surface area contributed by atoms with E-state index in [2.05, 4.69) is 16.0 Å². The van der Waals surface area contributed by atoms with E-state index in [-0.39, 0.29) is 25.8 Å². The quantitative estimate of drug-likeness (QED) is 0.237. The van der Waals surface area contributed by atoms with Crippen LogP contribution in [0.25, 0.3) is 22.5 Å². The smallest absolute Gasteiger partial charge is 0.354 e. The first-order valence-corrected chi connectivity index (χ1v) is 11.0. The molecular formula is C28H24IrN3O6-. The molecule has 0 aliphatic rings. The first-order valence-electron chi connectivity index (χ1n) is 11.0. The van der Waals surface area contributed by atoms with Gasteiger partial charge in [0.05, 0.1) is 31.2 Å². The van der Waals surface area contributed by atoms with Crippen LogP contribution in [0.2, 0.25) is 0 Å². The van der Waals surface area contributed by atoms with Gasteiger partial charge in [-0.15, -0.1) is 29.8 Å². The number of rotatable bonds is 5. The second kappa shape index (κ2) is 13.9. The zero-order valence-corrected chi connectivity index (χ0v) is 23.4. The van der Waals surface area contributed by atoms with Gasteiger partial charge in [0.2, 0.25) is 0 Å². The maximum absolute atomic E-state index is 11.7. The second-order valence-corrected chi connectivity index (χ2v) is 7.66. The average Bonchev–Trinajstić information content (AvgIpc) is 2.94. The van der Waals surface area contributed by atoms with Gasteiger partial charge in [-0.2, -0.15) is 0 Å². The fourth-order valence-electron chi connectivity index (χ4n) is 3.18. The third-order valence-corrected chi connectivity index (χ3v) is 5.26. The molecule has 1 N–H and O–H groups in total. The summed E-state index contributed by atoms with van der Waals surface area (Å²) in [5.41, 5.74) is 5.38. The molecule has 2 aromatic carbocycles. The van der Waals surface area contributed by atoms with E-state index in [1.807, 2.05) is 13.8 Å². The molecular weight excluding hydrogens is 667 g/mol. The van der Waals surface area contributed by atoms with Crippen LogP contribution in [0.5, 0.6) is 0 Å². The number of methoxy groups -OCH3 is 2. The number of aryl methyl sites for hydroxylation is 2. The summed E-state index contributed by atoms with van der Waals surface area (Å²) >= 11 is 0. The minimum atomic E-state index is -0.990. The van der Waals surface area contributed by atoms with Gasteiger partial charge in [-0.25, -0.2) is 14.6 Å². The van der Waals surface area contributed by atoms with Crippen molar-refractivity contribution in [2.45, 2.75) is 13.8 Å². The van der Waals surface area contributed by atoms with Crippen LogP contribution in [0.4, 0.5) is 0 Å². The van der Waals surface area contributed by atoms with Crippen LogP contribution in [0.1, 0.15) is 42.6 Å². The molecule has 0 spiro atoms. The predicted molar refractivity (Wildman–Crippen MR) is 135 cm³/mol. The van der Waals surface area contributed by atoms with Gasteiger partial charge in [-0.1, -0.05) is 18.2 Å². The summed E-state index contributed by atoms with van der Waals surface area (Å²) in [5, 5.41) is 8.32. The van der Waals surface area contributed by atoms with Crippen LogP contribution in [-0.4, -0.2) is 52.2 Å². The summed E-state index contributed by atoms with van der Waals surface area (Å²) in [6.45, 7) is 3.78. The Labute approximate surface area is 233 Å². The Morgan fingerprint density at radius 2 is 1.37 bits per heavy atom. The number of aromatic carboxylic acids is 1. The SMILES string of the molecule is COC(=O)c1c[c-]c(-c2nc(C)c(C)nc2-c2ccc(C(=O)OC)cc2)cc1.O=C(O)c1ccccn1.[Ir]. The summed E-state index contributed by atoms with van der Waals surface area (Å²) < 4.78 is 9.46. The van der Waals surface area contributed by atoms with Crippen molar-refractivity contribution in [2.75, 3.05) is 14.2 Å². The van der Waals surface area contributed by atoms with E-state index >= 15 is 0 Å². The Kier molecular flexibility index (Phi) is 10.9. The van der Waals surface area contributed by atoms with Gasteiger partial charge in [0.15, 0.2) is 0 Å². The zero-order valence-electron chi connectivity index (χ0n) is 21.0. The van der Waals surface area contributed by atoms with Crippen molar-refractivity contribution in [2.24, 2.45) is 0 Å². The molecule has 38 heavy (non-hydrogen) atoms. The number of aromatic nitrogens is 3. The van der Waals surface area contributed by atoms with E-state index < -0.39 is 17.9 Å². The van der Waals surface area contributed by atoms with Crippen molar-refractivity contribution >= 4 is 17.9 Å². The summed E-state index contributed by atoms with van der Waals surface area (Å²) in [5.74, 6) is -1.81. The molecule has 0 unspecified atom stereocenters. The number of esters is 2. The Balaban J connectivity index is 0.000000430. The Morgan fingerprint density at radius 3 is 1.84 bits per heavy atom. The van der Waals surface area contributed by atoms with Crippen molar-refractivity contribution in [3.05, 3.63) is 101 Å². The number of hydrogen-bond donors (Lipinski definition) is 1. The second-order valence-electron chi connectivity index (χ2n) is 7.66. The Morgan fingerprint density at radius 1 is 0.789 bits per heavy atom. The van der Waals surface area contributed by atoms with Gasteiger partial charge < -0.3 is 14.6 Å². The topological polar surface area (TPSA) is 129 Å². The number of ether oxygens (including phenoxy) is 2. The van der Waals surface area contributed by atoms with E-state index in [9.17, 15) is 14.4 Å². The standard InChI is InChI=1S/C22H19N2O4.C6H5NO2.Ir/c1-13-14(2)24-20(16-7-11-18(12-8-16)22(26)28-4)19(23-13)15-5-9-17(10-6-15)21(25)27-3;8-6(9)5-3-1-2-4-7-5;/h5-7,9-12H,1-4H3;1-4H,(H,8,9);/q-1;;. The zero-order chi connectivity index (χ0) is 26.9. The normalized spacial score (nSPS) is 9.79. The van der Waals surface area contributed by atoms with E-state index in [4.69, 9.17) is 19.6 Å². The maximum Gasteiger partial charge on any atom is 0.354 e. The molecule has 0 atom stereocenters. The molecule has 0 bridgehead atoms. The first kappa shape index (κ1) is 30.0. The molecule has 0 aliphatic heterocycles. The summed E-state index contributed by atoms with van der Waals surface area (Å²) in [6.07, 6.45) is 1.45. The van der Waals surface area contributed by atoms with Crippen molar-refractivity contribution in [1.29, 1.82) is 0 Å². The molecule has 0 fully saturated rings. The Bertz CT molecular complexity index is 1320. The number of carboxylic acid groups (broad SMARTS) is 1. The minimum Gasteiger partial charge on any atom is -0.477 e. The van der Waals surface area contributed by atoms with E-state index in [1.54, 1.807) is 54.6 Å². The van der Waals surface area contributed by atoms with Gasteiger partial charge in [0.1, 0.15) is 5.69 Å². The number of benzene rings is 2. The maximum atomic E-state index is 11.7. The first-order chi connectivity index (χ1) is 17.7. The monoisotopic (exact) mass is 691 g/mol. The van der Waals surface area contributed by atoms with Crippen molar-refractivity contribution in [1.82, 2.24) is 15.0 Å². The Hall–Kier alpha value is -4.27. The van der Waals surface area contributed by atoms with E-state index in [1.165, 1.54) is 26.5 Å². The summed E-state index contributed by atoms with van der Waals surface area (Å²) in [4.78, 5) is 46.4. The van der Waals surface area contributed by atoms with E-state index in [0.717, 1.165) is 17.0 Å². The van der Waals surface area contributed by atoms with Crippen LogP contribution >= 0.6 is 0 Å². The molecule has 10 heteroatoms. The fraction of sp³-hybridized carbons (Fsp3) is 0.143.